The van der Waals surface area contributed by atoms with Crippen molar-refractivity contribution in [2.24, 2.45) is 0 Å². The Morgan fingerprint density at radius 2 is 1.73 bits per heavy atom. The predicted octanol–water partition coefficient (Wildman–Crippen LogP) is 4.02. The highest BCUT2D eigenvalue weighted by Crippen LogP contribution is 2.31. The molecule has 0 atom stereocenters. The summed E-state index contributed by atoms with van der Waals surface area (Å²) in [6.45, 7) is 5.51. The minimum atomic E-state index is -0.536. The summed E-state index contributed by atoms with van der Waals surface area (Å²) in [5.74, 6) is -0.221. The van der Waals surface area contributed by atoms with Crippen molar-refractivity contribution in [1.82, 2.24) is 0 Å². The number of hydrogen-bond acceptors (Lipinski definition) is 5. The molecule has 0 fully saturated rings. The lowest BCUT2D eigenvalue weighted by Gasteiger charge is -2.12. The monoisotopic (exact) mass is 352 g/mol. The third-order valence-corrected chi connectivity index (χ3v) is 3.96. The van der Waals surface area contributed by atoms with E-state index < -0.39 is 5.97 Å². The molecule has 0 spiro atoms. The average Bonchev–Trinajstić information content (AvgIpc) is 2.61. The van der Waals surface area contributed by atoms with E-state index in [0.29, 0.717) is 22.3 Å². The Balaban J connectivity index is 2.15. The minimum absolute atomic E-state index is 0.0123. The largest absolute Gasteiger partial charge is 0.474 e. The van der Waals surface area contributed by atoms with Gasteiger partial charge in [0.05, 0.1) is 12.0 Å². The maximum atomic E-state index is 12.9. The van der Waals surface area contributed by atoms with E-state index in [1.807, 2.05) is 50.2 Å². The molecule has 3 aromatic rings. The first-order chi connectivity index (χ1) is 12.5. The molecule has 1 heterocycles. The van der Waals surface area contributed by atoms with E-state index in [1.165, 1.54) is 0 Å². The van der Waals surface area contributed by atoms with E-state index in [1.54, 1.807) is 13.0 Å². The van der Waals surface area contributed by atoms with E-state index in [-0.39, 0.29) is 24.4 Å². The third-order valence-electron chi connectivity index (χ3n) is 3.96. The van der Waals surface area contributed by atoms with Crippen molar-refractivity contribution < 1.29 is 18.7 Å². The fourth-order valence-electron chi connectivity index (χ4n) is 2.64. The summed E-state index contributed by atoms with van der Waals surface area (Å²) in [5, 5.41) is 0.408. The summed E-state index contributed by atoms with van der Waals surface area (Å²) >= 11 is 0. The van der Waals surface area contributed by atoms with Crippen LogP contribution in [0, 0.1) is 13.8 Å². The van der Waals surface area contributed by atoms with Gasteiger partial charge in [-0.2, -0.15) is 0 Å². The number of fused-ring (bicyclic) bond motifs is 1. The topological polar surface area (TPSA) is 65.7 Å². The predicted molar refractivity (Wildman–Crippen MR) is 99.5 cm³/mol. The van der Waals surface area contributed by atoms with Crippen LogP contribution in [0.1, 0.15) is 18.1 Å². The summed E-state index contributed by atoms with van der Waals surface area (Å²) in [4.78, 5) is 24.6. The second-order valence-electron chi connectivity index (χ2n) is 6.05. The lowest BCUT2D eigenvalue weighted by molar-refractivity contribution is -0.145. The summed E-state index contributed by atoms with van der Waals surface area (Å²) in [6, 6.07) is 12.9. The molecule has 0 aliphatic heterocycles. The number of carbonyl (C=O) groups excluding carboxylic acids is 1. The first-order valence-corrected chi connectivity index (χ1v) is 8.42. The molecule has 0 bridgehead atoms. The molecule has 5 nitrogen and oxygen atoms in total. The number of rotatable bonds is 5. The molecule has 0 unspecified atom stereocenters. The van der Waals surface area contributed by atoms with Crippen LogP contribution in [0.5, 0.6) is 5.75 Å². The zero-order valence-corrected chi connectivity index (χ0v) is 15.0. The number of hydrogen-bond donors (Lipinski definition) is 0. The Labute approximate surface area is 151 Å². The van der Waals surface area contributed by atoms with Crippen LogP contribution >= 0.6 is 0 Å². The van der Waals surface area contributed by atoms with E-state index >= 15 is 0 Å². The van der Waals surface area contributed by atoms with Gasteiger partial charge in [0.15, 0.2) is 12.4 Å². The van der Waals surface area contributed by atoms with Gasteiger partial charge >= 0.3 is 5.97 Å². The van der Waals surface area contributed by atoms with Gasteiger partial charge in [-0.15, -0.1) is 0 Å². The van der Waals surface area contributed by atoms with Crippen LogP contribution in [0.25, 0.3) is 22.3 Å². The fraction of sp³-hybridized carbons (Fsp3) is 0.238. The van der Waals surface area contributed by atoms with Crippen LogP contribution in [0.3, 0.4) is 0 Å². The molecule has 1 aromatic heterocycles. The van der Waals surface area contributed by atoms with Crippen LogP contribution in [-0.2, 0) is 9.53 Å². The molecule has 26 heavy (non-hydrogen) atoms. The Morgan fingerprint density at radius 1 is 1.04 bits per heavy atom. The maximum absolute atomic E-state index is 12.9. The van der Waals surface area contributed by atoms with Crippen molar-refractivity contribution in [2.75, 3.05) is 13.2 Å². The van der Waals surface area contributed by atoms with Crippen molar-refractivity contribution >= 4 is 16.9 Å². The number of aryl methyl sites for hydroxylation is 2. The zero-order valence-electron chi connectivity index (χ0n) is 15.0. The molecule has 0 saturated carbocycles. The highest BCUT2D eigenvalue weighted by atomic mass is 16.6. The van der Waals surface area contributed by atoms with Crippen molar-refractivity contribution in [3.05, 3.63) is 63.8 Å². The van der Waals surface area contributed by atoms with Gasteiger partial charge in [-0.3, -0.25) is 4.79 Å². The molecule has 0 radical (unpaired) electrons. The molecule has 0 aliphatic carbocycles. The SMILES string of the molecule is CCOC(=O)COc1c(-c2ccc(C)cc2)oc2cc(C)ccc2c1=O. The summed E-state index contributed by atoms with van der Waals surface area (Å²) in [7, 11) is 0. The Hall–Kier alpha value is -3.08. The quantitative estimate of drug-likeness (QED) is 0.649. The average molecular weight is 352 g/mol. The molecule has 0 N–H and O–H groups in total. The fourth-order valence-corrected chi connectivity index (χ4v) is 2.64. The van der Waals surface area contributed by atoms with Crippen molar-refractivity contribution in [2.45, 2.75) is 20.8 Å². The summed E-state index contributed by atoms with van der Waals surface area (Å²) < 4.78 is 16.4. The Kier molecular flexibility index (Phi) is 5.07. The van der Waals surface area contributed by atoms with Crippen molar-refractivity contribution in [3.8, 4) is 17.1 Å². The molecule has 5 heteroatoms. The van der Waals surface area contributed by atoms with Gasteiger partial charge in [-0.05, 0) is 38.5 Å². The highest BCUT2D eigenvalue weighted by molar-refractivity contribution is 5.83. The second-order valence-corrected chi connectivity index (χ2v) is 6.05. The van der Waals surface area contributed by atoms with Crippen LogP contribution in [0.2, 0.25) is 0 Å². The Bertz CT molecular complexity index is 999. The number of ether oxygens (including phenoxy) is 2. The van der Waals surface area contributed by atoms with Gasteiger partial charge in [0, 0.05) is 5.56 Å². The highest BCUT2D eigenvalue weighted by Gasteiger charge is 2.19. The molecule has 0 saturated heterocycles. The number of benzene rings is 2. The van der Waals surface area contributed by atoms with Crippen molar-refractivity contribution in [3.63, 3.8) is 0 Å². The van der Waals surface area contributed by atoms with E-state index in [9.17, 15) is 9.59 Å². The van der Waals surface area contributed by atoms with Gasteiger partial charge in [-0.1, -0.05) is 35.9 Å². The standard InChI is InChI=1S/C21H20O5/c1-4-24-18(22)12-25-21-19(23)16-10-7-14(3)11-17(16)26-20(21)15-8-5-13(2)6-9-15/h5-11H,4,12H2,1-3H3. The zero-order chi connectivity index (χ0) is 18.7. The van der Waals surface area contributed by atoms with Gasteiger partial charge in [0.1, 0.15) is 5.58 Å². The first-order valence-electron chi connectivity index (χ1n) is 8.42. The van der Waals surface area contributed by atoms with Crippen LogP contribution < -0.4 is 10.2 Å². The van der Waals surface area contributed by atoms with Gasteiger partial charge < -0.3 is 13.9 Å². The maximum Gasteiger partial charge on any atom is 0.344 e. The molecular formula is C21H20O5. The van der Waals surface area contributed by atoms with Crippen LogP contribution in [0.4, 0.5) is 0 Å². The van der Waals surface area contributed by atoms with E-state index in [2.05, 4.69) is 0 Å². The van der Waals surface area contributed by atoms with Gasteiger partial charge in [0.2, 0.25) is 11.2 Å². The van der Waals surface area contributed by atoms with Gasteiger partial charge in [0.25, 0.3) is 0 Å². The number of esters is 1. The smallest absolute Gasteiger partial charge is 0.344 e. The number of carbonyl (C=O) groups is 1. The molecule has 0 amide bonds. The molecule has 2 aromatic carbocycles. The first kappa shape index (κ1) is 17.7. The summed E-state index contributed by atoms with van der Waals surface area (Å²) in [6.07, 6.45) is 0. The molecule has 3 rings (SSSR count). The third kappa shape index (κ3) is 3.61. The molecule has 0 aliphatic rings. The lowest BCUT2D eigenvalue weighted by Crippen LogP contribution is -2.18. The Morgan fingerprint density at radius 3 is 2.42 bits per heavy atom. The molecule has 134 valence electrons. The van der Waals surface area contributed by atoms with Gasteiger partial charge in [-0.25, -0.2) is 4.79 Å². The normalized spacial score (nSPS) is 10.7. The van der Waals surface area contributed by atoms with Crippen molar-refractivity contribution in [1.29, 1.82) is 0 Å². The second kappa shape index (κ2) is 7.44. The van der Waals surface area contributed by atoms with Crippen LogP contribution in [-0.4, -0.2) is 19.2 Å². The van der Waals surface area contributed by atoms with Crippen LogP contribution in [0.15, 0.2) is 51.7 Å². The summed E-state index contributed by atoms with van der Waals surface area (Å²) in [5.41, 5.74) is 2.94. The lowest BCUT2D eigenvalue weighted by atomic mass is 10.1. The molecular weight excluding hydrogens is 332 g/mol. The van der Waals surface area contributed by atoms with E-state index in [4.69, 9.17) is 13.9 Å². The minimum Gasteiger partial charge on any atom is -0.474 e. The van der Waals surface area contributed by atoms with E-state index in [0.717, 1.165) is 11.1 Å².